The molecule has 134 valence electrons. The Labute approximate surface area is 160 Å². The topological polar surface area (TPSA) is 67.6 Å². The van der Waals surface area contributed by atoms with Crippen LogP contribution in [0.2, 0.25) is 5.02 Å². The van der Waals surface area contributed by atoms with Crippen LogP contribution in [0.5, 0.6) is 0 Å². The van der Waals surface area contributed by atoms with E-state index in [0.717, 1.165) is 28.9 Å². The van der Waals surface area contributed by atoms with E-state index in [2.05, 4.69) is 10.2 Å². The van der Waals surface area contributed by atoms with Gasteiger partial charge in [0.1, 0.15) is 4.88 Å². The SMILES string of the molecule is Nc1cc(NC(=O)c2sc3ccccc3c2Cl)ccc1N1CCOCC1. The van der Waals surface area contributed by atoms with Gasteiger partial charge in [-0.15, -0.1) is 11.3 Å². The predicted octanol–water partition coefficient (Wildman–Crippen LogP) is 4.23. The summed E-state index contributed by atoms with van der Waals surface area (Å²) in [5.41, 5.74) is 8.45. The fourth-order valence-electron chi connectivity index (χ4n) is 3.07. The second kappa shape index (κ2) is 7.15. The van der Waals surface area contributed by atoms with E-state index in [1.807, 2.05) is 36.4 Å². The number of carbonyl (C=O) groups is 1. The molecule has 1 aliphatic rings. The highest BCUT2D eigenvalue weighted by molar-refractivity contribution is 7.21. The Hall–Kier alpha value is -2.28. The molecule has 0 unspecified atom stereocenters. The van der Waals surface area contributed by atoms with E-state index in [-0.39, 0.29) is 5.91 Å². The first-order valence-corrected chi connectivity index (χ1v) is 9.53. The lowest BCUT2D eigenvalue weighted by Gasteiger charge is -2.30. The summed E-state index contributed by atoms with van der Waals surface area (Å²) in [6.45, 7) is 3.02. The molecule has 1 aliphatic heterocycles. The van der Waals surface area contributed by atoms with Crippen LogP contribution in [0.15, 0.2) is 42.5 Å². The Morgan fingerprint density at radius 1 is 1.19 bits per heavy atom. The largest absolute Gasteiger partial charge is 0.397 e. The summed E-state index contributed by atoms with van der Waals surface area (Å²) in [7, 11) is 0. The first-order chi connectivity index (χ1) is 12.6. The summed E-state index contributed by atoms with van der Waals surface area (Å²) < 4.78 is 6.36. The van der Waals surface area contributed by atoms with Crippen molar-refractivity contribution in [2.75, 3.05) is 42.3 Å². The quantitative estimate of drug-likeness (QED) is 0.660. The second-order valence-corrected chi connectivity index (χ2v) is 7.50. The monoisotopic (exact) mass is 387 g/mol. The lowest BCUT2D eigenvalue weighted by Crippen LogP contribution is -2.36. The highest BCUT2D eigenvalue weighted by Gasteiger charge is 2.18. The van der Waals surface area contributed by atoms with E-state index >= 15 is 0 Å². The molecular formula is C19H18ClN3O2S. The fraction of sp³-hybridized carbons (Fsp3) is 0.211. The first-order valence-electron chi connectivity index (χ1n) is 8.34. The second-order valence-electron chi connectivity index (χ2n) is 6.07. The Bertz CT molecular complexity index is 967. The van der Waals surface area contributed by atoms with Crippen LogP contribution in [-0.4, -0.2) is 32.2 Å². The van der Waals surface area contributed by atoms with Crippen molar-refractivity contribution in [3.63, 3.8) is 0 Å². The van der Waals surface area contributed by atoms with Gasteiger partial charge in [-0.3, -0.25) is 4.79 Å². The number of fused-ring (bicyclic) bond motifs is 1. The molecule has 26 heavy (non-hydrogen) atoms. The number of nitrogens with two attached hydrogens (primary N) is 1. The third kappa shape index (κ3) is 3.23. The summed E-state index contributed by atoms with van der Waals surface area (Å²) in [5, 5.41) is 4.28. The Balaban J connectivity index is 1.55. The molecule has 0 atom stereocenters. The van der Waals surface area contributed by atoms with E-state index in [1.165, 1.54) is 11.3 Å². The maximum Gasteiger partial charge on any atom is 0.267 e. The summed E-state index contributed by atoms with van der Waals surface area (Å²) in [6, 6.07) is 13.3. The zero-order valence-electron chi connectivity index (χ0n) is 14.0. The van der Waals surface area contributed by atoms with E-state index in [0.29, 0.717) is 34.5 Å². The molecule has 1 saturated heterocycles. The average molecular weight is 388 g/mol. The lowest BCUT2D eigenvalue weighted by molar-refractivity contribution is 0.103. The molecule has 1 aromatic heterocycles. The number of nitrogens with zero attached hydrogens (tertiary/aromatic N) is 1. The number of hydrogen-bond acceptors (Lipinski definition) is 5. The van der Waals surface area contributed by atoms with Crippen LogP contribution in [0.25, 0.3) is 10.1 Å². The minimum Gasteiger partial charge on any atom is -0.397 e. The molecule has 2 aromatic carbocycles. The zero-order chi connectivity index (χ0) is 18.1. The van der Waals surface area contributed by atoms with Crippen molar-refractivity contribution in [2.24, 2.45) is 0 Å². The van der Waals surface area contributed by atoms with Crippen LogP contribution in [0.1, 0.15) is 9.67 Å². The smallest absolute Gasteiger partial charge is 0.267 e. The van der Waals surface area contributed by atoms with Crippen molar-refractivity contribution < 1.29 is 9.53 Å². The number of halogens is 1. The molecule has 5 nitrogen and oxygen atoms in total. The molecule has 7 heteroatoms. The molecule has 0 saturated carbocycles. The van der Waals surface area contributed by atoms with Gasteiger partial charge in [0.15, 0.2) is 0 Å². The number of nitrogen functional groups attached to an aromatic ring is 1. The van der Waals surface area contributed by atoms with Crippen LogP contribution < -0.4 is 16.0 Å². The third-order valence-electron chi connectivity index (χ3n) is 4.38. The number of benzene rings is 2. The summed E-state index contributed by atoms with van der Waals surface area (Å²) in [6.07, 6.45) is 0. The number of thiophene rings is 1. The number of nitrogens with one attached hydrogen (secondary N) is 1. The van der Waals surface area contributed by atoms with Crippen molar-refractivity contribution >= 4 is 56.0 Å². The van der Waals surface area contributed by atoms with Gasteiger partial charge in [0, 0.05) is 28.9 Å². The number of carbonyl (C=O) groups excluding carboxylic acids is 1. The van der Waals surface area contributed by atoms with Gasteiger partial charge in [0.25, 0.3) is 5.91 Å². The van der Waals surface area contributed by atoms with Crippen LogP contribution in [0, 0.1) is 0 Å². The number of hydrogen-bond donors (Lipinski definition) is 2. The van der Waals surface area contributed by atoms with Gasteiger partial charge in [-0.2, -0.15) is 0 Å². The Morgan fingerprint density at radius 2 is 1.96 bits per heavy atom. The van der Waals surface area contributed by atoms with Crippen LogP contribution >= 0.6 is 22.9 Å². The number of ether oxygens (including phenoxy) is 1. The van der Waals surface area contributed by atoms with Crippen molar-refractivity contribution in [3.8, 4) is 0 Å². The van der Waals surface area contributed by atoms with Crippen LogP contribution in [0.3, 0.4) is 0 Å². The highest BCUT2D eigenvalue weighted by atomic mass is 35.5. The van der Waals surface area contributed by atoms with Crippen molar-refractivity contribution in [1.29, 1.82) is 0 Å². The van der Waals surface area contributed by atoms with Gasteiger partial charge in [-0.1, -0.05) is 29.8 Å². The van der Waals surface area contributed by atoms with Crippen molar-refractivity contribution in [2.45, 2.75) is 0 Å². The molecule has 1 amide bonds. The number of amides is 1. The van der Waals surface area contributed by atoms with Crippen LogP contribution in [0.4, 0.5) is 17.1 Å². The summed E-state index contributed by atoms with van der Waals surface area (Å²) in [4.78, 5) is 15.3. The lowest BCUT2D eigenvalue weighted by atomic mass is 10.2. The maximum atomic E-state index is 12.6. The van der Waals surface area contributed by atoms with Gasteiger partial charge in [-0.25, -0.2) is 0 Å². The number of morpholine rings is 1. The molecule has 0 radical (unpaired) electrons. The average Bonchev–Trinajstić information content (AvgIpc) is 3.00. The van der Waals surface area contributed by atoms with Gasteiger partial charge in [0.05, 0.1) is 29.6 Å². The van der Waals surface area contributed by atoms with Gasteiger partial charge in [-0.05, 0) is 24.3 Å². The molecule has 2 heterocycles. The third-order valence-corrected chi connectivity index (χ3v) is 6.05. The van der Waals surface area contributed by atoms with Crippen molar-refractivity contribution in [1.82, 2.24) is 0 Å². The van der Waals surface area contributed by atoms with E-state index in [4.69, 9.17) is 22.1 Å². The normalized spacial score (nSPS) is 14.6. The summed E-state index contributed by atoms with van der Waals surface area (Å²) >= 11 is 7.77. The minimum absolute atomic E-state index is 0.227. The van der Waals surface area contributed by atoms with Gasteiger partial charge >= 0.3 is 0 Å². The van der Waals surface area contributed by atoms with Gasteiger partial charge < -0.3 is 20.7 Å². The number of rotatable bonds is 3. The molecule has 3 aromatic rings. The fourth-order valence-corrected chi connectivity index (χ4v) is 4.48. The Kier molecular flexibility index (Phi) is 4.72. The van der Waals surface area contributed by atoms with Gasteiger partial charge in [0.2, 0.25) is 0 Å². The molecular weight excluding hydrogens is 370 g/mol. The minimum atomic E-state index is -0.227. The number of anilines is 3. The molecule has 3 N–H and O–H groups in total. The molecule has 0 aliphatic carbocycles. The molecule has 0 spiro atoms. The molecule has 1 fully saturated rings. The van der Waals surface area contributed by atoms with Crippen molar-refractivity contribution in [3.05, 3.63) is 52.4 Å². The van der Waals surface area contributed by atoms with E-state index < -0.39 is 0 Å². The Morgan fingerprint density at radius 3 is 2.69 bits per heavy atom. The first kappa shape index (κ1) is 17.1. The summed E-state index contributed by atoms with van der Waals surface area (Å²) in [5.74, 6) is -0.227. The standard InChI is InChI=1S/C19H18ClN3O2S/c20-17-13-3-1-2-4-16(13)26-18(17)19(24)22-12-5-6-15(14(21)11-12)23-7-9-25-10-8-23/h1-6,11H,7-10,21H2,(H,22,24). The van der Waals surface area contributed by atoms with E-state index in [1.54, 1.807) is 6.07 Å². The zero-order valence-corrected chi connectivity index (χ0v) is 15.6. The maximum absolute atomic E-state index is 12.6. The van der Waals surface area contributed by atoms with E-state index in [9.17, 15) is 4.79 Å². The predicted molar refractivity (Wildman–Crippen MR) is 109 cm³/mol. The highest BCUT2D eigenvalue weighted by Crippen LogP contribution is 2.36. The molecule has 0 bridgehead atoms. The molecule has 4 rings (SSSR count). The van der Waals surface area contributed by atoms with Crippen LogP contribution in [-0.2, 0) is 4.74 Å².